The summed E-state index contributed by atoms with van der Waals surface area (Å²) in [4.78, 5) is 13.9. The molecule has 5 nitrogen and oxygen atoms in total. The number of aromatic hydroxyl groups is 1. The van der Waals surface area contributed by atoms with E-state index < -0.39 is 4.92 Å². The van der Waals surface area contributed by atoms with Crippen LogP contribution in [0.1, 0.15) is 5.56 Å². The van der Waals surface area contributed by atoms with Crippen molar-refractivity contribution in [3.63, 3.8) is 0 Å². The van der Waals surface area contributed by atoms with Crippen molar-refractivity contribution >= 4 is 17.6 Å². The molecule has 0 aliphatic carbocycles. The molecule has 13 heavy (non-hydrogen) atoms. The summed E-state index contributed by atoms with van der Waals surface area (Å²) in [5.41, 5.74) is 0.838. The maximum absolute atomic E-state index is 10.5. The van der Waals surface area contributed by atoms with Crippen molar-refractivity contribution in [2.45, 2.75) is 6.42 Å². The van der Waals surface area contributed by atoms with E-state index in [4.69, 9.17) is 0 Å². The SMILES string of the molecule is O=[N+]([O-])c1ccc(O)c2c1CC=N2. The second-order valence-electron chi connectivity index (χ2n) is 2.70. The van der Waals surface area contributed by atoms with Gasteiger partial charge in [-0.05, 0) is 6.07 Å². The first-order chi connectivity index (χ1) is 6.20. The van der Waals surface area contributed by atoms with Gasteiger partial charge in [-0.2, -0.15) is 0 Å². The first kappa shape index (κ1) is 7.72. The van der Waals surface area contributed by atoms with Crippen molar-refractivity contribution in [1.82, 2.24) is 0 Å². The quantitative estimate of drug-likeness (QED) is 0.523. The highest BCUT2D eigenvalue weighted by molar-refractivity contribution is 5.82. The van der Waals surface area contributed by atoms with E-state index in [1.54, 1.807) is 6.21 Å². The Morgan fingerprint density at radius 2 is 2.31 bits per heavy atom. The molecule has 0 radical (unpaired) electrons. The van der Waals surface area contributed by atoms with Gasteiger partial charge in [0.2, 0.25) is 0 Å². The summed E-state index contributed by atoms with van der Waals surface area (Å²) >= 11 is 0. The Morgan fingerprint density at radius 3 is 3.00 bits per heavy atom. The zero-order chi connectivity index (χ0) is 9.42. The van der Waals surface area contributed by atoms with Crippen LogP contribution in [0.3, 0.4) is 0 Å². The number of hydrogen-bond acceptors (Lipinski definition) is 4. The van der Waals surface area contributed by atoms with Crippen molar-refractivity contribution in [3.8, 4) is 5.75 Å². The van der Waals surface area contributed by atoms with Gasteiger partial charge in [-0.25, -0.2) is 0 Å². The summed E-state index contributed by atoms with van der Waals surface area (Å²) in [6.07, 6.45) is 1.97. The molecular formula is C8H6N2O3. The summed E-state index contributed by atoms with van der Waals surface area (Å²) in [6.45, 7) is 0. The third-order valence-corrected chi connectivity index (χ3v) is 1.95. The Morgan fingerprint density at radius 1 is 1.54 bits per heavy atom. The number of hydrogen-bond donors (Lipinski definition) is 1. The molecule has 1 heterocycles. The standard InChI is InChI=1S/C8H6N2O3/c11-7-2-1-6(10(12)13)5-3-4-9-8(5)7/h1-2,4,11H,3H2. The smallest absolute Gasteiger partial charge is 0.275 e. The number of nitro groups is 1. The molecule has 1 aliphatic heterocycles. The first-order valence-corrected chi connectivity index (χ1v) is 3.72. The van der Waals surface area contributed by atoms with Crippen LogP contribution in [-0.2, 0) is 6.42 Å². The Labute approximate surface area is 73.5 Å². The average Bonchev–Trinajstić information content (AvgIpc) is 2.53. The fourth-order valence-corrected chi connectivity index (χ4v) is 1.36. The number of nitrogens with zero attached hydrogens (tertiary/aromatic N) is 2. The van der Waals surface area contributed by atoms with Gasteiger partial charge in [0.15, 0.2) is 0 Å². The number of benzene rings is 1. The Balaban J connectivity index is 2.66. The molecule has 0 unspecified atom stereocenters. The number of phenols is 1. The molecule has 1 N–H and O–H groups in total. The number of phenolic OH excluding ortho intramolecular Hbond substituents is 1. The van der Waals surface area contributed by atoms with E-state index in [0.717, 1.165) is 0 Å². The van der Waals surface area contributed by atoms with E-state index in [1.165, 1.54) is 12.1 Å². The molecule has 0 aromatic heterocycles. The lowest BCUT2D eigenvalue weighted by Crippen LogP contribution is -1.93. The molecule has 0 atom stereocenters. The minimum atomic E-state index is -0.465. The van der Waals surface area contributed by atoms with Gasteiger partial charge < -0.3 is 5.11 Å². The van der Waals surface area contributed by atoms with E-state index >= 15 is 0 Å². The lowest BCUT2D eigenvalue weighted by molar-refractivity contribution is -0.385. The van der Waals surface area contributed by atoms with Gasteiger partial charge in [0.05, 0.1) is 10.5 Å². The van der Waals surface area contributed by atoms with Gasteiger partial charge in [-0.3, -0.25) is 15.1 Å². The van der Waals surface area contributed by atoms with E-state index in [-0.39, 0.29) is 11.4 Å². The van der Waals surface area contributed by atoms with Gasteiger partial charge in [0.25, 0.3) is 5.69 Å². The monoisotopic (exact) mass is 178 g/mol. The average molecular weight is 178 g/mol. The molecule has 1 aliphatic rings. The maximum atomic E-state index is 10.5. The second kappa shape index (κ2) is 2.55. The van der Waals surface area contributed by atoms with Crippen molar-refractivity contribution in [3.05, 3.63) is 27.8 Å². The van der Waals surface area contributed by atoms with Crippen LogP contribution in [0.4, 0.5) is 11.4 Å². The van der Waals surface area contributed by atoms with Crippen LogP contribution in [-0.4, -0.2) is 16.2 Å². The van der Waals surface area contributed by atoms with Gasteiger partial charge >= 0.3 is 0 Å². The van der Waals surface area contributed by atoms with Gasteiger partial charge in [0.1, 0.15) is 11.4 Å². The summed E-state index contributed by atoms with van der Waals surface area (Å²) in [6, 6.07) is 2.59. The van der Waals surface area contributed by atoms with Crippen LogP contribution < -0.4 is 0 Å². The Kier molecular flexibility index (Phi) is 1.51. The number of nitro benzene ring substituents is 1. The zero-order valence-corrected chi connectivity index (χ0v) is 6.60. The van der Waals surface area contributed by atoms with Crippen LogP contribution in [0.25, 0.3) is 0 Å². The fourth-order valence-electron chi connectivity index (χ4n) is 1.36. The normalized spacial score (nSPS) is 12.9. The number of aliphatic imine (C=N–C) groups is 1. The predicted octanol–water partition coefficient (Wildman–Crippen LogP) is 1.56. The van der Waals surface area contributed by atoms with Gasteiger partial charge in [0, 0.05) is 18.7 Å². The maximum Gasteiger partial charge on any atom is 0.275 e. The second-order valence-corrected chi connectivity index (χ2v) is 2.70. The minimum Gasteiger partial charge on any atom is -0.506 e. The minimum absolute atomic E-state index is 0.00523. The summed E-state index contributed by atoms with van der Waals surface area (Å²) in [5.74, 6) is -0.00523. The largest absolute Gasteiger partial charge is 0.506 e. The molecule has 0 fully saturated rings. The lowest BCUT2D eigenvalue weighted by Gasteiger charge is -2.00. The third-order valence-electron chi connectivity index (χ3n) is 1.95. The summed E-state index contributed by atoms with van der Waals surface area (Å²) in [5, 5.41) is 19.8. The molecule has 2 rings (SSSR count). The Bertz CT molecular complexity index is 412. The lowest BCUT2D eigenvalue weighted by atomic mass is 10.1. The summed E-state index contributed by atoms with van der Waals surface area (Å²) < 4.78 is 0. The predicted molar refractivity (Wildman–Crippen MR) is 46.6 cm³/mol. The van der Waals surface area contributed by atoms with Crippen molar-refractivity contribution in [2.24, 2.45) is 4.99 Å². The highest BCUT2D eigenvalue weighted by Gasteiger charge is 2.22. The van der Waals surface area contributed by atoms with Crippen LogP contribution in [0.15, 0.2) is 17.1 Å². The van der Waals surface area contributed by atoms with Gasteiger partial charge in [-0.15, -0.1) is 0 Å². The van der Waals surface area contributed by atoms with Crippen LogP contribution >= 0.6 is 0 Å². The Hall–Kier alpha value is -1.91. The number of fused-ring (bicyclic) bond motifs is 1. The molecule has 0 amide bonds. The van der Waals surface area contributed by atoms with E-state index in [2.05, 4.69) is 4.99 Å². The summed E-state index contributed by atoms with van der Waals surface area (Å²) in [7, 11) is 0. The van der Waals surface area contributed by atoms with Crippen molar-refractivity contribution < 1.29 is 10.0 Å². The van der Waals surface area contributed by atoms with Crippen molar-refractivity contribution in [2.75, 3.05) is 0 Å². The van der Waals surface area contributed by atoms with Gasteiger partial charge in [-0.1, -0.05) is 0 Å². The fraction of sp³-hybridized carbons (Fsp3) is 0.125. The van der Waals surface area contributed by atoms with Crippen LogP contribution in [0.2, 0.25) is 0 Å². The highest BCUT2D eigenvalue weighted by Crippen LogP contribution is 2.39. The molecule has 0 spiro atoms. The number of rotatable bonds is 1. The van der Waals surface area contributed by atoms with E-state index in [9.17, 15) is 15.2 Å². The first-order valence-electron chi connectivity index (χ1n) is 3.72. The topological polar surface area (TPSA) is 75.7 Å². The molecule has 66 valence electrons. The third kappa shape index (κ3) is 1.05. The molecule has 0 saturated carbocycles. The van der Waals surface area contributed by atoms with E-state index in [0.29, 0.717) is 17.7 Å². The molecule has 5 heteroatoms. The van der Waals surface area contributed by atoms with Crippen molar-refractivity contribution in [1.29, 1.82) is 0 Å². The molecule has 1 aromatic carbocycles. The van der Waals surface area contributed by atoms with Crippen LogP contribution in [0.5, 0.6) is 5.75 Å². The molecular weight excluding hydrogens is 172 g/mol. The molecule has 0 saturated heterocycles. The highest BCUT2D eigenvalue weighted by atomic mass is 16.6. The molecule has 0 bridgehead atoms. The zero-order valence-electron chi connectivity index (χ0n) is 6.60. The van der Waals surface area contributed by atoms with Crippen LogP contribution in [0, 0.1) is 10.1 Å². The van der Waals surface area contributed by atoms with E-state index in [1.807, 2.05) is 0 Å². The molecule has 1 aromatic rings.